The van der Waals surface area contributed by atoms with Gasteiger partial charge in [0.05, 0.1) is 6.04 Å². The third-order valence-corrected chi connectivity index (χ3v) is 9.48. The number of hydrogen-bond acceptors (Lipinski definition) is 11. The lowest BCUT2D eigenvalue weighted by atomic mass is 9.83. The Hall–Kier alpha value is -3.87. The molecule has 1 aliphatic carbocycles. The lowest BCUT2D eigenvalue weighted by Crippen LogP contribution is -2.51. The van der Waals surface area contributed by atoms with Gasteiger partial charge in [-0.3, -0.25) is 9.69 Å². The molecule has 1 unspecified atom stereocenters. The first-order valence-corrected chi connectivity index (χ1v) is 20.0. The molecule has 3 rings (SSSR count). The molecule has 13 nitrogen and oxygen atoms in total. The first kappa shape index (κ1) is 45.5. The lowest BCUT2D eigenvalue weighted by molar-refractivity contribution is -0.168. The van der Waals surface area contributed by atoms with E-state index in [1.807, 2.05) is 45.9 Å². The summed E-state index contributed by atoms with van der Waals surface area (Å²) in [5.74, 6) is -1.54. The van der Waals surface area contributed by atoms with E-state index in [9.17, 15) is 24.0 Å². The van der Waals surface area contributed by atoms with Crippen molar-refractivity contribution in [3.05, 3.63) is 35.9 Å². The molecule has 0 radical (unpaired) electrons. The molecule has 310 valence electrons. The van der Waals surface area contributed by atoms with E-state index in [0.29, 0.717) is 31.6 Å². The zero-order valence-corrected chi connectivity index (χ0v) is 34.6. The molecule has 4 atom stereocenters. The van der Waals surface area contributed by atoms with Gasteiger partial charge in [0.2, 0.25) is 0 Å². The van der Waals surface area contributed by atoms with Gasteiger partial charge in [-0.15, -0.1) is 0 Å². The van der Waals surface area contributed by atoms with Crippen LogP contribution < -0.4 is 5.32 Å². The number of ether oxygens (including phenoxy) is 6. The number of nitrogens with zero attached hydrogens (tertiary/aromatic N) is 1. The van der Waals surface area contributed by atoms with Crippen molar-refractivity contribution in [2.75, 3.05) is 6.61 Å². The predicted molar refractivity (Wildman–Crippen MR) is 206 cm³/mol. The minimum absolute atomic E-state index is 0.00885. The monoisotopic (exact) mass is 774 g/mol. The summed E-state index contributed by atoms with van der Waals surface area (Å²) in [6.45, 7) is 15.6. The number of carbonyl (C=O) groups excluding carboxylic acids is 5. The van der Waals surface area contributed by atoms with Gasteiger partial charge in [-0.05, 0) is 92.6 Å². The Morgan fingerprint density at radius 1 is 0.891 bits per heavy atom. The molecule has 1 heterocycles. The fraction of sp³-hybridized carbons (Fsp3) is 0.738. The van der Waals surface area contributed by atoms with Gasteiger partial charge >= 0.3 is 30.1 Å². The van der Waals surface area contributed by atoms with Crippen molar-refractivity contribution >= 4 is 30.1 Å². The molecule has 0 aromatic heterocycles. The Morgan fingerprint density at radius 2 is 1.53 bits per heavy atom. The third kappa shape index (κ3) is 16.0. The Morgan fingerprint density at radius 3 is 2.15 bits per heavy atom. The summed E-state index contributed by atoms with van der Waals surface area (Å²) >= 11 is 0. The van der Waals surface area contributed by atoms with Gasteiger partial charge in [-0.2, -0.15) is 0 Å². The van der Waals surface area contributed by atoms with Crippen LogP contribution in [-0.4, -0.2) is 82.8 Å². The van der Waals surface area contributed by atoms with Gasteiger partial charge in [0.15, 0.2) is 12.1 Å². The molecule has 2 aliphatic rings. The van der Waals surface area contributed by atoms with Crippen LogP contribution in [0.5, 0.6) is 0 Å². The summed E-state index contributed by atoms with van der Waals surface area (Å²) in [6.07, 6.45) is 6.21. The van der Waals surface area contributed by atoms with Crippen molar-refractivity contribution in [1.82, 2.24) is 10.2 Å². The smallest absolute Gasteiger partial charge is 0.412 e. The van der Waals surface area contributed by atoms with E-state index >= 15 is 0 Å². The van der Waals surface area contributed by atoms with Crippen molar-refractivity contribution in [3.63, 3.8) is 0 Å². The van der Waals surface area contributed by atoms with Crippen LogP contribution in [0.25, 0.3) is 0 Å². The van der Waals surface area contributed by atoms with Crippen LogP contribution >= 0.6 is 0 Å². The number of alkyl carbamates (subject to hydrolysis) is 1. The van der Waals surface area contributed by atoms with Gasteiger partial charge in [0, 0.05) is 6.42 Å². The van der Waals surface area contributed by atoms with E-state index in [1.54, 1.807) is 51.7 Å². The standard InChI is InChI=1S/C42H66N2O11/c1-10-11-23-31(52-37(47)35-33(26-29-19-14-12-15-20-29)44(42(8,9)53-35)39(49)55-41(5,6)7)24-18-25-34(45)50-28-32(36(46)54-40(2,3)4)43-38(48)51-27-30-21-16-13-17-22-30/h13,16-17,21-22,29,31-33,35H,10-12,14-15,18-20,23-28H2,1-9H3,(H,43,48)/t31?,32-,33-,35+/m0/s1. The largest absolute Gasteiger partial charge is 0.463 e. The minimum atomic E-state index is -1.29. The molecule has 2 fully saturated rings. The summed E-state index contributed by atoms with van der Waals surface area (Å²) in [4.78, 5) is 67.5. The van der Waals surface area contributed by atoms with Gasteiger partial charge in [0.1, 0.15) is 36.2 Å². The molecule has 2 amide bonds. The SMILES string of the molecule is CCCCC(CCCC(=O)OC[C@H](NC(=O)OCc1ccccc1)C(=O)OC(C)(C)C)OC(=O)[C@@H]1OC(C)(C)N(C(=O)OC(C)(C)C)[C@H]1CC1CCCCC1. The highest BCUT2D eigenvalue weighted by Crippen LogP contribution is 2.40. The number of carbonyl (C=O) groups is 5. The topological polar surface area (TPSA) is 156 Å². The van der Waals surface area contributed by atoms with Gasteiger partial charge in [-0.25, -0.2) is 19.2 Å². The van der Waals surface area contributed by atoms with Crippen LogP contribution in [0, 0.1) is 5.92 Å². The summed E-state index contributed by atoms with van der Waals surface area (Å²) in [7, 11) is 0. The molecule has 13 heteroatoms. The first-order chi connectivity index (χ1) is 25.8. The molecular formula is C42H66N2O11. The van der Waals surface area contributed by atoms with Gasteiger partial charge in [-0.1, -0.05) is 82.2 Å². The number of benzene rings is 1. The third-order valence-electron chi connectivity index (χ3n) is 9.48. The molecule has 1 aromatic rings. The maximum atomic E-state index is 14.0. The minimum Gasteiger partial charge on any atom is -0.463 e. The van der Waals surface area contributed by atoms with E-state index in [1.165, 1.54) is 6.42 Å². The van der Waals surface area contributed by atoms with E-state index in [4.69, 9.17) is 28.4 Å². The number of nitrogens with one attached hydrogen (secondary N) is 1. The number of esters is 3. The second-order valence-electron chi connectivity index (χ2n) is 17.2. The van der Waals surface area contributed by atoms with E-state index < -0.39 is 77.9 Å². The Balaban J connectivity index is 1.62. The van der Waals surface area contributed by atoms with Gasteiger partial charge < -0.3 is 33.7 Å². The fourth-order valence-corrected chi connectivity index (χ4v) is 6.94. The van der Waals surface area contributed by atoms with Crippen LogP contribution in [0.3, 0.4) is 0 Å². The second-order valence-corrected chi connectivity index (χ2v) is 17.2. The first-order valence-electron chi connectivity index (χ1n) is 20.0. The highest BCUT2D eigenvalue weighted by molar-refractivity contribution is 5.82. The summed E-state index contributed by atoms with van der Waals surface area (Å²) < 4.78 is 34.4. The van der Waals surface area contributed by atoms with E-state index in [2.05, 4.69) is 5.32 Å². The Labute approximate surface area is 327 Å². The molecule has 55 heavy (non-hydrogen) atoms. The number of hydrogen-bond donors (Lipinski definition) is 1. The van der Waals surface area contributed by atoms with Crippen LogP contribution in [0.1, 0.15) is 145 Å². The number of rotatable bonds is 17. The number of unbranched alkanes of at least 4 members (excludes halogenated alkanes) is 1. The van der Waals surface area contributed by atoms with Crippen LogP contribution in [0.2, 0.25) is 0 Å². The van der Waals surface area contributed by atoms with Crippen molar-refractivity contribution < 1.29 is 52.4 Å². The summed E-state index contributed by atoms with van der Waals surface area (Å²) in [6, 6.07) is 7.23. The molecular weight excluding hydrogens is 708 g/mol. The highest BCUT2D eigenvalue weighted by atomic mass is 16.6. The highest BCUT2D eigenvalue weighted by Gasteiger charge is 2.55. The Bertz CT molecular complexity index is 1400. The average molecular weight is 775 g/mol. The van der Waals surface area contributed by atoms with E-state index in [-0.39, 0.29) is 13.0 Å². The van der Waals surface area contributed by atoms with Crippen LogP contribution in [-0.2, 0) is 49.4 Å². The molecule has 1 N–H and O–H groups in total. The molecule has 0 bridgehead atoms. The molecule has 1 aliphatic heterocycles. The fourth-order valence-electron chi connectivity index (χ4n) is 6.94. The van der Waals surface area contributed by atoms with Crippen LogP contribution in [0.4, 0.5) is 9.59 Å². The maximum Gasteiger partial charge on any atom is 0.412 e. The summed E-state index contributed by atoms with van der Waals surface area (Å²) in [5.41, 5.74) is -1.90. The molecule has 1 saturated heterocycles. The second kappa shape index (κ2) is 20.9. The van der Waals surface area contributed by atoms with Crippen LogP contribution in [0.15, 0.2) is 30.3 Å². The zero-order valence-electron chi connectivity index (χ0n) is 34.6. The summed E-state index contributed by atoms with van der Waals surface area (Å²) in [5, 5.41) is 2.45. The normalized spacial score (nSPS) is 19.8. The zero-order chi connectivity index (χ0) is 40.8. The van der Waals surface area contributed by atoms with Crippen molar-refractivity contribution in [3.8, 4) is 0 Å². The quantitative estimate of drug-likeness (QED) is 0.120. The van der Waals surface area contributed by atoms with Crippen molar-refractivity contribution in [1.29, 1.82) is 0 Å². The lowest BCUT2D eigenvalue weighted by Gasteiger charge is -2.36. The predicted octanol–water partition coefficient (Wildman–Crippen LogP) is 8.15. The molecule has 1 saturated carbocycles. The van der Waals surface area contributed by atoms with E-state index in [0.717, 1.165) is 44.1 Å². The number of amides is 2. The molecule has 0 spiro atoms. The Kier molecular flexibility index (Phi) is 17.3. The van der Waals surface area contributed by atoms with Crippen molar-refractivity contribution in [2.24, 2.45) is 5.92 Å². The maximum absolute atomic E-state index is 14.0. The van der Waals surface area contributed by atoms with Crippen molar-refractivity contribution in [2.45, 2.75) is 187 Å². The van der Waals surface area contributed by atoms with Gasteiger partial charge in [0.25, 0.3) is 0 Å². The molecule has 1 aromatic carbocycles. The average Bonchev–Trinajstić information content (AvgIpc) is 3.36.